The molecule has 1 atom stereocenters. The first kappa shape index (κ1) is 21.9. The van der Waals surface area contributed by atoms with Crippen LogP contribution in [0, 0.1) is 0 Å². The maximum absolute atomic E-state index is 13.6. The van der Waals surface area contributed by atoms with E-state index in [0.29, 0.717) is 17.2 Å². The predicted octanol–water partition coefficient (Wildman–Crippen LogP) is 4.32. The first-order chi connectivity index (χ1) is 15.4. The maximum atomic E-state index is 13.6. The van der Waals surface area contributed by atoms with Crippen molar-refractivity contribution >= 4 is 40.0 Å². The van der Waals surface area contributed by atoms with Crippen LogP contribution in [0.15, 0.2) is 74.9 Å². The second-order valence-electron chi connectivity index (χ2n) is 7.13. The summed E-state index contributed by atoms with van der Waals surface area (Å²) >= 11 is 12.5. The van der Waals surface area contributed by atoms with E-state index >= 15 is 0 Å². The predicted molar refractivity (Wildman–Crippen MR) is 124 cm³/mol. The van der Waals surface area contributed by atoms with Crippen LogP contribution < -0.4 is 16.6 Å². The molecule has 1 amide bonds. The van der Waals surface area contributed by atoms with Crippen LogP contribution in [0.2, 0.25) is 10.0 Å². The van der Waals surface area contributed by atoms with Crippen LogP contribution in [0.1, 0.15) is 25.1 Å². The highest BCUT2D eigenvalue weighted by molar-refractivity contribution is 6.32. The van der Waals surface area contributed by atoms with Crippen molar-refractivity contribution in [1.29, 1.82) is 0 Å². The summed E-state index contributed by atoms with van der Waals surface area (Å²) in [4.78, 5) is 40.0. The van der Waals surface area contributed by atoms with E-state index in [0.717, 1.165) is 4.57 Å². The minimum absolute atomic E-state index is 0.167. The number of hydrogen-bond acceptors (Lipinski definition) is 4. The van der Waals surface area contributed by atoms with E-state index in [1.807, 2.05) is 0 Å². The molecule has 2 heterocycles. The Balaban J connectivity index is 1.93. The normalized spacial score (nSPS) is 12.1. The fourth-order valence-corrected chi connectivity index (χ4v) is 4.03. The van der Waals surface area contributed by atoms with E-state index in [9.17, 15) is 14.4 Å². The Bertz CT molecular complexity index is 1410. The Kier molecular flexibility index (Phi) is 6.21. The highest BCUT2D eigenvalue weighted by atomic mass is 35.5. The molecule has 0 aliphatic heterocycles. The fourth-order valence-electron chi connectivity index (χ4n) is 3.64. The van der Waals surface area contributed by atoms with Gasteiger partial charge in [0.2, 0.25) is 5.91 Å². The molecule has 164 valence electrons. The van der Waals surface area contributed by atoms with Crippen LogP contribution in [0.3, 0.4) is 0 Å². The molecule has 1 unspecified atom stereocenters. The van der Waals surface area contributed by atoms with Gasteiger partial charge >= 0.3 is 5.69 Å². The molecule has 0 radical (unpaired) electrons. The van der Waals surface area contributed by atoms with Crippen molar-refractivity contribution in [2.75, 3.05) is 0 Å². The highest BCUT2D eigenvalue weighted by Gasteiger charge is 2.25. The summed E-state index contributed by atoms with van der Waals surface area (Å²) in [6.07, 6.45) is 1.81. The standard InChI is InChI=1S/C23H19Cl2N3O4/c1-2-18(21(29)26-13-15-6-5-11-32-15)27-20-12-14(24)9-10-16(20)22(30)28(23(27)31)19-8-4-3-7-17(19)25/h3-12,18H,2,13H2,1H3,(H,26,29). The summed E-state index contributed by atoms with van der Waals surface area (Å²) in [6, 6.07) is 13.7. The lowest BCUT2D eigenvalue weighted by Gasteiger charge is -2.22. The SMILES string of the molecule is CCC(C(=O)NCc1ccco1)n1c(=O)n(-c2ccccc2Cl)c(=O)c2ccc(Cl)cc21. The van der Waals surface area contributed by atoms with Gasteiger partial charge in [-0.2, -0.15) is 0 Å². The summed E-state index contributed by atoms with van der Waals surface area (Å²) in [7, 11) is 0. The molecular formula is C23H19Cl2N3O4. The second kappa shape index (κ2) is 9.06. The van der Waals surface area contributed by atoms with Crippen molar-refractivity contribution in [3.63, 3.8) is 0 Å². The number of para-hydroxylation sites is 1. The van der Waals surface area contributed by atoms with Gasteiger partial charge in [0.15, 0.2) is 0 Å². The lowest BCUT2D eigenvalue weighted by molar-refractivity contribution is -0.124. The molecule has 0 saturated heterocycles. The van der Waals surface area contributed by atoms with Crippen molar-refractivity contribution in [2.24, 2.45) is 0 Å². The molecule has 0 aliphatic carbocycles. The van der Waals surface area contributed by atoms with Crippen molar-refractivity contribution in [2.45, 2.75) is 25.9 Å². The summed E-state index contributed by atoms with van der Waals surface area (Å²) in [5.41, 5.74) is -0.717. The average Bonchev–Trinajstić information content (AvgIpc) is 3.30. The van der Waals surface area contributed by atoms with Crippen molar-refractivity contribution in [3.8, 4) is 5.69 Å². The minimum atomic E-state index is -0.896. The smallest absolute Gasteiger partial charge is 0.336 e. The molecule has 0 bridgehead atoms. The number of carbonyl (C=O) groups is 1. The van der Waals surface area contributed by atoms with Crippen LogP contribution in [-0.4, -0.2) is 15.0 Å². The van der Waals surface area contributed by atoms with Gasteiger partial charge in [0, 0.05) is 5.02 Å². The van der Waals surface area contributed by atoms with Gasteiger partial charge in [-0.1, -0.05) is 42.3 Å². The highest BCUT2D eigenvalue weighted by Crippen LogP contribution is 2.23. The molecule has 2 aromatic carbocycles. The molecule has 7 nitrogen and oxygen atoms in total. The van der Waals surface area contributed by atoms with E-state index < -0.39 is 23.2 Å². The second-order valence-corrected chi connectivity index (χ2v) is 7.97. The molecule has 0 fully saturated rings. The molecule has 4 aromatic rings. The van der Waals surface area contributed by atoms with Gasteiger partial charge in [0.05, 0.1) is 34.4 Å². The topological polar surface area (TPSA) is 86.2 Å². The molecule has 2 aromatic heterocycles. The number of fused-ring (bicyclic) bond motifs is 1. The van der Waals surface area contributed by atoms with Gasteiger partial charge in [0.1, 0.15) is 11.8 Å². The van der Waals surface area contributed by atoms with Crippen molar-refractivity contribution in [1.82, 2.24) is 14.5 Å². The molecule has 9 heteroatoms. The largest absolute Gasteiger partial charge is 0.467 e. The number of furan rings is 1. The van der Waals surface area contributed by atoms with Gasteiger partial charge in [-0.15, -0.1) is 0 Å². The molecule has 32 heavy (non-hydrogen) atoms. The molecular weight excluding hydrogens is 453 g/mol. The van der Waals surface area contributed by atoms with Gasteiger partial charge in [0.25, 0.3) is 5.56 Å². The summed E-state index contributed by atoms with van der Waals surface area (Å²) < 4.78 is 7.54. The summed E-state index contributed by atoms with van der Waals surface area (Å²) in [6.45, 7) is 1.95. The zero-order valence-corrected chi connectivity index (χ0v) is 18.6. The van der Waals surface area contributed by atoms with E-state index in [1.165, 1.54) is 23.0 Å². The third-order valence-electron chi connectivity index (χ3n) is 5.16. The van der Waals surface area contributed by atoms with Crippen LogP contribution in [0.5, 0.6) is 0 Å². The number of benzene rings is 2. The molecule has 1 N–H and O–H groups in total. The number of halogens is 2. The lowest BCUT2D eigenvalue weighted by atomic mass is 10.1. The molecule has 0 spiro atoms. The van der Waals surface area contributed by atoms with Gasteiger partial charge in [-0.05, 0) is 48.9 Å². The van der Waals surface area contributed by atoms with Crippen LogP contribution >= 0.6 is 23.2 Å². The van der Waals surface area contributed by atoms with Crippen molar-refractivity contribution in [3.05, 3.63) is 97.5 Å². The van der Waals surface area contributed by atoms with Gasteiger partial charge in [-0.3, -0.25) is 14.2 Å². The Morgan fingerprint density at radius 2 is 1.88 bits per heavy atom. The van der Waals surface area contributed by atoms with E-state index in [1.54, 1.807) is 49.4 Å². The Labute approximate surface area is 192 Å². The fraction of sp³-hybridized carbons (Fsp3) is 0.174. The van der Waals surface area contributed by atoms with Crippen LogP contribution in [-0.2, 0) is 11.3 Å². The number of nitrogens with zero attached hydrogens (tertiary/aromatic N) is 2. The number of hydrogen-bond donors (Lipinski definition) is 1. The third kappa shape index (κ3) is 3.97. The maximum Gasteiger partial charge on any atom is 0.336 e. The Morgan fingerprint density at radius 1 is 1.09 bits per heavy atom. The third-order valence-corrected chi connectivity index (χ3v) is 5.72. The monoisotopic (exact) mass is 471 g/mol. The van der Waals surface area contributed by atoms with E-state index in [4.69, 9.17) is 27.6 Å². The Hall–Kier alpha value is -3.29. The number of rotatable bonds is 6. The van der Waals surface area contributed by atoms with E-state index in [-0.39, 0.29) is 28.2 Å². The van der Waals surface area contributed by atoms with Crippen molar-refractivity contribution < 1.29 is 9.21 Å². The Morgan fingerprint density at radius 3 is 2.56 bits per heavy atom. The number of nitrogens with one attached hydrogen (secondary N) is 1. The number of aromatic nitrogens is 2. The quantitative estimate of drug-likeness (QED) is 0.453. The van der Waals surface area contributed by atoms with Gasteiger partial charge < -0.3 is 9.73 Å². The number of carbonyl (C=O) groups excluding carboxylic acids is 1. The summed E-state index contributed by atoms with van der Waals surface area (Å²) in [5.74, 6) is 0.186. The first-order valence-corrected chi connectivity index (χ1v) is 10.7. The van der Waals surface area contributed by atoms with Crippen LogP contribution in [0.4, 0.5) is 0 Å². The molecule has 4 rings (SSSR count). The molecule has 0 saturated carbocycles. The minimum Gasteiger partial charge on any atom is -0.467 e. The zero-order chi connectivity index (χ0) is 22.8. The average molecular weight is 472 g/mol. The first-order valence-electron chi connectivity index (χ1n) is 9.94. The van der Waals surface area contributed by atoms with Gasteiger partial charge in [-0.25, -0.2) is 9.36 Å². The summed E-state index contributed by atoms with van der Waals surface area (Å²) in [5, 5.41) is 3.61. The molecule has 0 aliphatic rings. The van der Waals surface area contributed by atoms with E-state index in [2.05, 4.69) is 5.32 Å². The van der Waals surface area contributed by atoms with Crippen LogP contribution in [0.25, 0.3) is 16.6 Å². The zero-order valence-electron chi connectivity index (χ0n) is 17.0. The lowest BCUT2D eigenvalue weighted by Crippen LogP contribution is -2.44. The number of amides is 1.